The summed E-state index contributed by atoms with van der Waals surface area (Å²) in [6.07, 6.45) is 13.1. The Labute approximate surface area is 204 Å². The molecule has 0 spiro atoms. The van der Waals surface area contributed by atoms with Crippen LogP contribution in [0.1, 0.15) is 90.2 Å². The fourth-order valence-electron chi connectivity index (χ4n) is 5.80. The fraction of sp³-hybridized carbons (Fsp3) is 0.724. The van der Waals surface area contributed by atoms with Gasteiger partial charge in [0.15, 0.2) is 0 Å². The molecule has 0 aliphatic heterocycles. The van der Waals surface area contributed by atoms with Gasteiger partial charge in [-0.1, -0.05) is 0 Å². The van der Waals surface area contributed by atoms with Crippen LogP contribution >= 0.6 is 0 Å². The van der Waals surface area contributed by atoms with Gasteiger partial charge in [0.2, 0.25) is 0 Å². The van der Waals surface area contributed by atoms with Crippen molar-refractivity contribution in [2.45, 2.75) is 111 Å². The molecule has 0 aromatic heterocycles. The molecule has 2 nitrogen and oxygen atoms in total. The van der Waals surface area contributed by atoms with E-state index in [2.05, 4.69) is 50.8 Å². The molecule has 0 fully saturated rings. The quantitative estimate of drug-likeness (QED) is 0.193. The summed E-state index contributed by atoms with van der Waals surface area (Å²) < 4.78 is 12.0. The van der Waals surface area contributed by atoms with E-state index in [0.29, 0.717) is 6.04 Å². The third-order valence-electron chi connectivity index (χ3n) is 7.83. The number of unbranched alkanes of at least 4 members (excludes halogenated alkanes) is 3. The molecule has 1 aliphatic carbocycles. The number of methoxy groups -OCH3 is 1. The number of hydrogen-bond acceptors (Lipinski definition) is 2. The van der Waals surface area contributed by atoms with Crippen molar-refractivity contribution < 1.29 is 4.74 Å². The molecule has 1 unspecified atom stereocenters. The van der Waals surface area contributed by atoms with Crippen LogP contribution < -0.4 is 4.74 Å². The van der Waals surface area contributed by atoms with E-state index in [1.807, 2.05) is 7.11 Å². The van der Waals surface area contributed by atoms with Crippen LogP contribution in [0.2, 0.25) is 13.3 Å². The zero-order valence-corrected chi connectivity index (χ0v) is 24.8. The van der Waals surface area contributed by atoms with Gasteiger partial charge in [0.05, 0.1) is 0 Å². The monoisotopic (exact) mass is 549 g/mol. The number of hydrogen-bond donors (Lipinski definition) is 0. The van der Waals surface area contributed by atoms with Crippen molar-refractivity contribution in [3.8, 4) is 5.75 Å². The van der Waals surface area contributed by atoms with E-state index in [4.69, 9.17) is 11.3 Å². The van der Waals surface area contributed by atoms with Crippen LogP contribution in [0.25, 0.3) is 0 Å². The van der Waals surface area contributed by atoms with Gasteiger partial charge in [0.1, 0.15) is 0 Å². The van der Waals surface area contributed by atoms with Crippen LogP contribution in [0.5, 0.6) is 5.75 Å². The number of benzene rings is 1. The molecule has 0 amide bonds. The summed E-state index contributed by atoms with van der Waals surface area (Å²) >= 11 is -2.38. The summed E-state index contributed by atoms with van der Waals surface area (Å²) in [6, 6.07) is 7.28. The molecule has 1 aromatic rings. The van der Waals surface area contributed by atoms with Crippen LogP contribution in [0.3, 0.4) is 0 Å². The molecule has 0 radical (unpaired) electrons. The molecule has 1 aromatic carbocycles. The standard InChI is InChI=1S/C17H24NO.3C4H9.Sn/c1-4-11-18(12-5-2)15-9-10-16-14(13-15)7-6-8-17(16)19-3;3*1-3-4-2;/h6-8,15H,1,5,9-13H2,2-3H3;3*1,3-4H2,2H3;. The summed E-state index contributed by atoms with van der Waals surface area (Å²) in [5.74, 6) is 1.08. The molecule has 3 heteroatoms. The van der Waals surface area contributed by atoms with E-state index >= 15 is 0 Å². The number of nitrogens with zero attached hydrogens (tertiary/aromatic N) is 1. The molecule has 1 atom stereocenters. The maximum absolute atomic E-state index is 5.66. The average Bonchev–Trinajstić information content (AvgIpc) is 2.82. The molecular formula is C29H51NOSn. The Bertz CT molecular complexity index is 664. The van der Waals surface area contributed by atoms with E-state index < -0.39 is 18.4 Å². The first kappa shape index (κ1) is 27.8. The molecule has 2 rings (SSSR count). The second kappa shape index (κ2) is 14.7. The third kappa shape index (κ3) is 7.52. The zero-order chi connectivity index (χ0) is 23.4. The van der Waals surface area contributed by atoms with Crippen molar-refractivity contribution in [1.29, 1.82) is 0 Å². The summed E-state index contributed by atoms with van der Waals surface area (Å²) in [6.45, 7) is 16.7. The molecule has 0 N–H and O–H groups in total. The fourth-order valence-corrected chi connectivity index (χ4v) is 21.3. The predicted molar refractivity (Wildman–Crippen MR) is 145 cm³/mol. The van der Waals surface area contributed by atoms with Crippen molar-refractivity contribution in [3.05, 3.63) is 39.5 Å². The molecule has 0 saturated carbocycles. The van der Waals surface area contributed by atoms with E-state index in [1.165, 1.54) is 95.3 Å². The van der Waals surface area contributed by atoms with E-state index in [1.54, 1.807) is 3.59 Å². The van der Waals surface area contributed by atoms with Gasteiger partial charge in [-0.25, -0.2) is 0 Å². The number of ether oxygens (including phenoxy) is 1. The number of fused-ring (bicyclic) bond motifs is 1. The predicted octanol–water partition coefficient (Wildman–Crippen LogP) is 8.21. The molecular weight excluding hydrogens is 497 g/mol. The Morgan fingerprint density at radius 3 is 2.16 bits per heavy atom. The third-order valence-corrected chi connectivity index (χ3v) is 23.8. The topological polar surface area (TPSA) is 12.5 Å². The summed E-state index contributed by atoms with van der Waals surface area (Å²) in [7, 11) is 1.81. The Kier molecular flexibility index (Phi) is 12.8. The van der Waals surface area contributed by atoms with Gasteiger partial charge in [-0.2, -0.15) is 0 Å². The van der Waals surface area contributed by atoms with E-state index in [-0.39, 0.29) is 0 Å². The van der Waals surface area contributed by atoms with E-state index in [9.17, 15) is 0 Å². The molecule has 0 bridgehead atoms. The molecule has 32 heavy (non-hydrogen) atoms. The Morgan fingerprint density at radius 1 is 1.00 bits per heavy atom. The zero-order valence-electron chi connectivity index (χ0n) is 22.0. The van der Waals surface area contributed by atoms with Crippen LogP contribution in [0, 0.1) is 0 Å². The SMILES string of the molecule is C=[C](CN(CCC)C1CCc2c(cccc2OC)C1)[Sn]([CH2]CCC)([CH2]CCC)[CH2]CCC. The normalized spacial score (nSPS) is 16.2. The molecule has 0 heterocycles. The van der Waals surface area contributed by atoms with E-state index in [0.717, 1.165) is 12.2 Å². The Morgan fingerprint density at radius 2 is 1.62 bits per heavy atom. The van der Waals surface area contributed by atoms with Gasteiger partial charge in [-0.15, -0.1) is 0 Å². The summed E-state index contributed by atoms with van der Waals surface area (Å²) in [5, 5.41) is 0. The molecule has 182 valence electrons. The number of rotatable bonds is 16. The summed E-state index contributed by atoms with van der Waals surface area (Å²) in [4.78, 5) is 2.83. The van der Waals surface area contributed by atoms with Gasteiger partial charge >= 0.3 is 205 Å². The molecule has 1 aliphatic rings. The van der Waals surface area contributed by atoms with Gasteiger partial charge in [-0.05, 0) is 0 Å². The van der Waals surface area contributed by atoms with Gasteiger partial charge in [0.25, 0.3) is 0 Å². The van der Waals surface area contributed by atoms with Gasteiger partial charge < -0.3 is 0 Å². The van der Waals surface area contributed by atoms with Crippen molar-refractivity contribution in [2.75, 3.05) is 20.2 Å². The Hall–Kier alpha value is -0.481. The summed E-state index contributed by atoms with van der Waals surface area (Å²) in [5.41, 5.74) is 2.95. The van der Waals surface area contributed by atoms with Crippen molar-refractivity contribution in [3.63, 3.8) is 0 Å². The van der Waals surface area contributed by atoms with Crippen LogP contribution in [-0.2, 0) is 12.8 Å². The van der Waals surface area contributed by atoms with Crippen molar-refractivity contribution in [2.24, 2.45) is 0 Å². The molecule has 0 saturated heterocycles. The van der Waals surface area contributed by atoms with Crippen LogP contribution in [-0.4, -0.2) is 49.5 Å². The Balaban J connectivity index is 2.21. The van der Waals surface area contributed by atoms with Crippen molar-refractivity contribution >= 4 is 18.4 Å². The average molecular weight is 548 g/mol. The minimum absolute atomic E-state index is 0.652. The first-order chi connectivity index (χ1) is 15.5. The first-order valence-electron chi connectivity index (χ1n) is 13.6. The van der Waals surface area contributed by atoms with Gasteiger partial charge in [-0.3, -0.25) is 0 Å². The minimum atomic E-state index is -2.38. The van der Waals surface area contributed by atoms with Gasteiger partial charge in [0, 0.05) is 0 Å². The maximum atomic E-state index is 5.66. The van der Waals surface area contributed by atoms with Crippen LogP contribution in [0.15, 0.2) is 28.4 Å². The first-order valence-corrected chi connectivity index (χ1v) is 21.1. The second-order valence-electron chi connectivity index (χ2n) is 10.2. The van der Waals surface area contributed by atoms with Crippen LogP contribution in [0.4, 0.5) is 0 Å². The second-order valence-corrected chi connectivity index (χ2v) is 23.8. The van der Waals surface area contributed by atoms with Crippen molar-refractivity contribution in [1.82, 2.24) is 4.90 Å².